The average molecular weight is 588 g/mol. The van der Waals surface area contributed by atoms with Gasteiger partial charge >= 0.3 is 0 Å². The molecular formula is C44H31N2-. The van der Waals surface area contributed by atoms with E-state index in [0.717, 1.165) is 11.4 Å². The van der Waals surface area contributed by atoms with E-state index in [0.29, 0.717) is 0 Å². The highest BCUT2D eigenvalue weighted by molar-refractivity contribution is 6.22. The smallest absolute Gasteiger partial charge is 0.0204 e. The molecule has 0 radical (unpaired) electrons. The highest BCUT2D eigenvalue weighted by Crippen LogP contribution is 2.52. The van der Waals surface area contributed by atoms with Crippen molar-refractivity contribution in [1.82, 2.24) is 0 Å². The van der Waals surface area contributed by atoms with Crippen molar-refractivity contribution in [3.63, 3.8) is 0 Å². The van der Waals surface area contributed by atoms with Crippen LogP contribution in [-0.2, 0) is 0 Å². The van der Waals surface area contributed by atoms with Crippen molar-refractivity contribution in [3.8, 4) is 33.4 Å². The van der Waals surface area contributed by atoms with E-state index in [2.05, 4.69) is 176 Å². The lowest BCUT2D eigenvalue weighted by atomic mass is 9.85. The summed E-state index contributed by atoms with van der Waals surface area (Å²) in [4.78, 5) is 2.29. The summed E-state index contributed by atoms with van der Waals surface area (Å²) in [5.74, 6) is 0. The first kappa shape index (κ1) is 26.5. The molecule has 0 aromatic heterocycles. The summed E-state index contributed by atoms with van der Waals surface area (Å²) in [6.45, 7) is 0. The molecule has 1 heterocycles. The van der Waals surface area contributed by atoms with Gasteiger partial charge in [0.15, 0.2) is 0 Å². The van der Waals surface area contributed by atoms with E-state index in [1.165, 1.54) is 71.3 Å². The van der Waals surface area contributed by atoms with Crippen molar-refractivity contribution in [2.75, 3.05) is 11.9 Å². The highest BCUT2D eigenvalue weighted by Gasteiger charge is 2.21. The summed E-state index contributed by atoms with van der Waals surface area (Å²) >= 11 is 0. The zero-order valence-electron chi connectivity index (χ0n) is 25.6. The van der Waals surface area contributed by atoms with E-state index in [1.807, 2.05) is 0 Å². The fourth-order valence-electron chi connectivity index (χ4n) is 7.30. The third-order valence-corrected chi connectivity index (χ3v) is 9.56. The first-order valence-electron chi connectivity index (χ1n) is 15.9. The van der Waals surface area contributed by atoms with E-state index >= 15 is 0 Å². The molecule has 0 bridgehead atoms. The van der Waals surface area contributed by atoms with Gasteiger partial charge in [-0.25, -0.2) is 0 Å². The number of nitrogens with zero attached hydrogens (tertiary/aromatic N) is 2. The number of hydrogen-bond donors (Lipinski definition) is 0. The second-order valence-corrected chi connectivity index (χ2v) is 12.2. The second kappa shape index (κ2) is 10.6. The van der Waals surface area contributed by atoms with Crippen LogP contribution in [0, 0.1) is 0 Å². The van der Waals surface area contributed by atoms with E-state index in [9.17, 15) is 0 Å². The van der Waals surface area contributed by atoms with Crippen LogP contribution in [0.2, 0.25) is 0 Å². The molecule has 46 heavy (non-hydrogen) atoms. The van der Waals surface area contributed by atoms with Gasteiger partial charge in [0, 0.05) is 12.7 Å². The fourth-order valence-corrected chi connectivity index (χ4v) is 7.30. The molecule has 1 atom stereocenters. The Morgan fingerprint density at radius 1 is 0.435 bits per heavy atom. The van der Waals surface area contributed by atoms with Gasteiger partial charge in [-0.2, -0.15) is 0 Å². The van der Waals surface area contributed by atoms with Crippen molar-refractivity contribution < 1.29 is 0 Å². The Balaban J connectivity index is 1.15. The molecule has 9 rings (SSSR count). The van der Waals surface area contributed by atoms with Crippen LogP contribution >= 0.6 is 0 Å². The molecular weight excluding hydrogens is 556 g/mol. The Hall–Kier alpha value is -5.86. The van der Waals surface area contributed by atoms with Crippen LogP contribution in [0.3, 0.4) is 0 Å². The summed E-state index contributed by atoms with van der Waals surface area (Å²) in [5, 5.41) is 12.8. The van der Waals surface area contributed by atoms with Gasteiger partial charge in [0.1, 0.15) is 0 Å². The molecule has 1 unspecified atom stereocenters. The quantitative estimate of drug-likeness (QED) is 0.187. The van der Waals surface area contributed by atoms with Crippen molar-refractivity contribution in [1.29, 1.82) is 0 Å². The van der Waals surface area contributed by atoms with Crippen molar-refractivity contribution in [2.45, 2.75) is 6.17 Å². The topological polar surface area (TPSA) is 17.3 Å². The predicted molar refractivity (Wildman–Crippen MR) is 196 cm³/mol. The lowest BCUT2D eigenvalue weighted by Gasteiger charge is -2.32. The van der Waals surface area contributed by atoms with Crippen LogP contribution in [0.4, 0.5) is 11.4 Å². The lowest BCUT2D eigenvalue weighted by Crippen LogP contribution is -2.17. The van der Waals surface area contributed by atoms with Crippen LogP contribution in [0.1, 0.15) is 11.7 Å². The molecule has 0 spiro atoms. The largest absolute Gasteiger partial charge is 0.660 e. The summed E-state index contributed by atoms with van der Waals surface area (Å²) in [6, 6.07) is 59.4. The van der Waals surface area contributed by atoms with Crippen molar-refractivity contribution in [3.05, 3.63) is 175 Å². The first-order valence-corrected chi connectivity index (χ1v) is 15.9. The zero-order valence-corrected chi connectivity index (χ0v) is 25.6. The molecule has 2 nitrogen and oxygen atoms in total. The van der Waals surface area contributed by atoms with Crippen molar-refractivity contribution >= 4 is 43.7 Å². The second-order valence-electron chi connectivity index (χ2n) is 12.2. The fraction of sp³-hybridized carbons (Fsp3) is 0.0455. The van der Waals surface area contributed by atoms with Gasteiger partial charge in [-0.15, -0.1) is 5.69 Å². The summed E-state index contributed by atoms with van der Waals surface area (Å²) in [6.07, 6.45) is -0.0566. The van der Waals surface area contributed by atoms with Crippen LogP contribution in [0.5, 0.6) is 0 Å². The molecule has 0 saturated carbocycles. The maximum Gasteiger partial charge on any atom is 0.0204 e. The molecule has 218 valence electrons. The van der Waals surface area contributed by atoms with E-state index in [1.54, 1.807) is 0 Å². The number of anilines is 1. The van der Waals surface area contributed by atoms with Crippen LogP contribution in [-0.4, -0.2) is 7.05 Å². The standard InChI is InChI=1S/C44H31N2/c1-46-41-26-25-35(28-40(41)45-44(46)32-22-19-31(20-23-32)29-11-3-2-4-12-29)43-38-17-9-7-15-36(38)42(37-16-8-10-18-39(37)43)34-24-21-30-13-5-6-14-33(30)27-34/h2-28,44H,1H3/q-1. The molecule has 8 aromatic carbocycles. The van der Waals surface area contributed by atoms with Gasteiger partial charge in [-0.1, -0.05) is 152 Å². The predicted octanol–water partition coefficient (Wildman–Crippen LogP) is 12.3. The molecule has 0 fully saturated rings. The minimum Gasteiger partial charge on any atom is -0.660 e. The molecule has 1 aliphatic heterocycles. The minimum absolute atomic E-state index is 0.0566. The maximum absolute atomic E-state index is 5.27. The Morgan fingerprint density at radius 3 is 1.59 bits per heavy atom. The van der Waals surface area contributed by atoms with Gasteiger partial charge in [0.05, 0.1) is 0 Å². The van der Waals surface area contributed by atoms with Gasteiger partial charge in [0.25, 0.3) is 0 Å². The normalized spacial score (nSPS) is 14.1. The van der Waals surface area contributed by atoms with Crippen LogP contribution < -0.4 is 4.90 Å². The first-order chi connectivity index (χ1) is 22.7. The molecule has 0 saturated heterocycles. The van der Waals surface area contributed by atoms with E-state index in [4.69, 9.17) is 5.32 Å². The molecule has 0 amide bonds. The average Bonchev–Trinajstić information content (AvgIpc) is 3.46. The summed E-state index contributed by atoms with van der Waals surface area (Å²) in [7, 11) is 2.15. The molecule has 8 aromatic rings. The Bertz CT molecular complexity index is 2350. The number of hydrogen-bond acceptors (Lipinski definition) is 1. The third kappa shape index (κ3) is 4.26. The molecule has 0 aliphatic carbocycles. The number of fused-ring (bicyclic) bond motifs is 4. The lowest BCUT2D eigenvalue weighted by molar-refractivity contribution is 0.822. The minimum atomic E-state index is -0.0566. The van der Waals surface area contributed by atoms with Gasteiger partial charge in [-0.05, 0) is 89.6 Å². The highest BCUT2D eigenvalue weighted by atomic mass is 15.3. The van der Waals surface area contributed by atoms with E-state index in [-0.39, 0.29) is 6.17 Å². The maximum atomic E-state index is 5.27. The van der Waals surface area contributed by atoms with Crippen LogP contribution in [0.15, 0.2) is 164 Å². The third-order valence-electron chi connectivity index (χ3n) is 9.56. The van der Waals surface area contributed by atoms with Gasteiger partial charge < -0.3 is 10.2 Å². The van der Waals surface area contributed by atoms with Crippen LogP contribution in [0.25, 0.3) is 71.0 Å². The Kier molecular flexibility index (Phi) is 6.14. The van der Waals surface area contributed by atoms with Gasteiger partial charge in [0.2, 0.25) is 0 Å². The van der Waals surface area contributed by atoms with Crippen molar-refractivity contribution in [2.24, 2.45) is 0 Å². The number of rotatable bonds is 4. The Morgan fingerprint density at radius 2 is 0.935 bits per heavy atom. The molecule has 1 aliphatic rings. The van der Waals surface area contributed by atoms with E-state index < -0.39 is 0 Å². The number of benzene rings is 8. The molecule has 2 heteroatoms. The summed E-state index contributed by atoms with van der Waals surface area (Å²) in [5.41, 5.74) is 10.8. The monoisotopic (exact) mass is 587 g/mol. The SMILES string of the molecule is CN1c2ccc(-c3c4ccccc4c(-c4ccc5ccccc5c4)c4ccccc34)cc2[N-]C1c1ccc(-c2ccccc2)cc1. The zero-order chi connectivity index (χ0) is 30.6. The molecule has 0 N–H and O–H groups in total. The van der Waals surface area contributed by atoms with Gasteiger partial charge in [-0.3, -0.25) is 0 Å². The summed E-state index contributed by atoms with van der Waals surface area (Å²) < 4.78 is 0. The Labute approximate surface area is 269 Å².